The Morgan fingerprint density at radius 3 is 1.68 bits per heavy atom. The highest BCUT2D eigenvalue weighted by atomic mass is 14.3. The molecule has 1 rings (SSSR count). The summed E-state index contributed by atoms with van der Waals surface area (Å²) in [6.07, 6.45) is 10.4. The van der Waals surface area contributed by atoms with Crippen molar-refractivity contribution < 1.29 is 0 Å². The molecule has 1 aliphatic carbocycles. The fourth-order valence-electron chi connectivity index (χ4n) is 2.87. The Bertz CT molecular complexity index is 151. The van der Waals surface area contributed by atoms with Crippen LogP contribution in [0.4, 0.5) is 0 Å². The summed E-state index contributed by atoms with van der Waals surface area (Å²) in [6.45, 7) is 17.6. The van der Waals surface area contributed by atoms with Crippen LogP contribution in [0.5, 0.6) is 0 Å². The molecule has 1 unspecified atom stereocenters. The first kappa shape index (κ1) is 21.3. The van der Waals surface area contributed by atoms with Crippen LogP contribution in [0.2, 0.25) is 0 Å². The zero-order chi connectivity index (χ0) is 15.3. The molecule has 0 aromatic carbocycles. The van der Waals surface area contributed by atoms with Gasteiger partial charge in [0.05, 0.1) is 0 Å². The van der Waals surface area contributed by atoms with Crippen LogP contribution in [-0.2, 0) is 0 Å². The van der Waals surface area contributed by atoms with Crippen molar-refractivity contribution in [3.63, 3.8) is 0 Å². The Hall–Kier alpha value is 0. The highest BCUT2D eigenvalue weighted by molar-refractivity contribution is 4.72. The normalized spacial score (nSPS) is 23.8. The molecule has 118 valence electrons. The number of hydrogen-bond donors (Lipinski definition) is 0. The van der Waals surface area contributed by atoms with Gasteiger partial charge in [-0.25, -0.2) is 0 Å². The molecule has 1 fully saturated rings. The first-order chi connectivity index (χ1) is 9.08. The first-order valence-electron chi connectivity index (χ1n) is 9.08. The molecule has 1 saturated carbocycles. The zero-order valence-corrected chi connectivity index (χ0v) is 15.3. The molecule has 0 bridgehead atoms. The van der Waals surface area contributed by atoms with Crippen molar-refractivity contribution in [2.24, 2.45) is 23.7 Å². The van der Waals surface area contributed by atoms with Gasteiger partial charge in [-0.2, -0.15) is 0 Å². The summed E-state index contributed by atoms with van der Waals surface area (Å²) < 4.78 is 0. The third-order valence-electron chi connectivity index (χ3n) is 4.11. The lowest BCUT2D eigenvalue weighted by Gasteiger charge is -2.28. The van der Waals surface area contributed by atoms with Crippen molar-refractivity contribution >= 4 is 0 Å². The van der Waals surface area contributed by atoms with E-state index in [1.54, 1.807) is 0 Å². The summed E-state index contributed by atoms with van der Waals surface area (Å²) in [5, 5.41) is 0. The van der Waals surface area contributed by atoms with Crippen LogP contribution in [0, 0.1) is 23.7 Å². The van der Waals surface area contributed by atoms with Crippen molar-refractivity contribution in [3.05, 3.63) is 0 Å². The van der Waals surface area contributed by atoms with Gasteiger partial charge in [0.25, 0.3) is 0 Å². The molecule has 0 aliphatic heterocycles. The third kappa shape index (κ3) is 12.8. The molecule has 0 amide bonds. The van der Waals surface area contributed by atoms with Gasteiger partial charge in [-0.3, -0.25) is 0 Å². The van der Waals surface area contributed by atoms with E-state index in [0.29, 0.717) is 0 Å². The Morgan fingerprint density at radius 2 is 1.26 bits per heavy atom. The average molecular weight is 271 g/mol. The topological polar surface area (TPSA) is 0 Å². The van der Waals surface area contributed by atoms with Crippen LogP contribution in [0.15, 0.2) is 0 Å². The molecule has 0 heterocycles. The van der Waals surface area contributed by atoms with Crippen molar-refractivity contribution in [2.75, 3.05) is 0 Å². The molecule has 0 saturated heterocycles. The van der Waals surface area contributed by atoms with Crippen molar-refractivity contribution in [1.29, 1.82) is 0 Å². The van der Waals surface area contributed by atoms with Crippen LogP contribution in [-0.4, -0.2) is 0 Å². The monoisotopic (exact) mass is 270 g/mol. The lowest BCUT2D eigenvalue weighted by molar-refractivity contribution is 0.242. The predicted octanol–water partition coefficient (Wildman–Crippen LogP) is 7.33. The molecule has 0 nitrogen and oxygen atoms in total. The minimum atomic E-state index is 0.888. The lowest BCUT2D eigenvalue weighted by atomic mass is 9.78. The zero-order valence-electron chi connectivity index (χ0n) is 15.3. The Balaban J connectivity index is 0. The maximum atomic E-state index is 2.46. The van der Waals surface area contributed by atoms with Gasteiger partial charge in [-0.1, -0.05) is 93.9 Å². The highest BCUT2D eigenvalue weighted by Gasteiger charge is 2.19. The second-order valence-electron chi connectivity index (χ2n) is 6.44. The number of hydrogen-bond acceptors (Lipinski definition) is 0. The minimum Gasteiger partial charge on any atom is -0.0683 e. The smallest absolute Gasteiger partial charge is 0.0412 e. The van der Waals surface area contributed by atoms with Crippen LogP contribution in [0.1, 0.15) is 100 Å². The summed E-state index contributed by atoms with van der Waals surface area (Å²) in [4.78, 5) is 0. The molecule has 0 heteroatoms. The molecular weight excluding hydrogens is 228 g/mol. The molecule has 1 atom stereocenters. The van der Waals surface area contributed by atoms with Crippen LogP contribution < -0.4 is 0 Å². The van der Waals surface area contributed by atoms with Gasteiger partial charge >= 0.3 is 0 Å². The summed E-state index contributed by atoms with van der Waals surface area (Å²) in [5.41, 5.74) is 0. The van der Waals surface area contributed by atoms with E-state index < -0.39 is 0 Å². The maximum Gasteiger partial charge on any atom is -0.0412 e. The summed E-state index contributed by atoms with van der Waals surface area (Å²) in [7, 11) is 0. The van der Waals surface area contributed by atoms with Gasteiger partial charge in [0.2, 0.25) is 0 Å². The first-order valence-corrected chi connectivity index (χ1v) is 9.08. The molecule has 0 N–H and O–H groups in total. The predicted molar refractivity (Wildman–Crippen MR) is 91.7 cm³/mol. The van der Waals surface area contributed by atoms with Gasteiger partial charge in [-0.15, -0.1) is 0 Å². The molecule has 0 aromatic rings. The van der Waals surface area contributed by atoms with Gasteiger partial charge < -0.3 is 0 Å². The van der Waals surface area contributed by atoms with Gasteiger partial charge in [0, 0.05) is 0 Å². The van der Waals surface area contributed by atoms with Gasteiger partial charge in [0.1, 0.15) is 0 Å². The van der Waals surface area contributed by atoms with E-state index in [9.17, 15) is 0 Å². The quantitative estimate of drug-likeness (QED) is 0.490. The van der Waals surface area contributed by atoms with E-state index in [1.807, 2.05) is 27.7 Å². The van der Waals surface area contributed by atoms with Crippen LogP contribution in [0.3, 0.4) is 0 Å². The molecule has 0 aromatic heterocycles. The highest BCUT2D eigenvalue weighted by Crippen LogP contribution is 2.33. The van der Waals surface area contributed by atoms with E-state index >= 15 is 0 Å². The summed E-state index contributed by atoms with van der Waals surface area (Å²) in [5.74, 6) is 3.92. The molecule has 0 radical (unpaired) electrons. The standard InChI is InChI=1S/C15H30.2C2H6/c1-12(2)5-6-14(4)11-15-9-7-13(3)8-10-15;2*1-2/h12-15H,5-11H2,1-4H3;2*1-2H3. The van der Waals surface area contributed by atoms with Crippen molar-refractivity contribution in [3.8, 4) is 0 Å². The van der Waals surface area contributed by atoms with E-state index in [0.717, 1.165) is 23.7 Å². The van der Waals surface area contributed by atoms with Crippen molar-refractivity contribution in [2.45, 2.75) is 100 Å². The summed E-state index contributed by atoms with van der Waals surface area (Å²) in [6, 6.07) is 0. The maximum absolute atomic E-state index is 2.46. The Kier molecular flexibility index (Phi) is 16.2. The van der Waals surface area contributed by atoms with E-state index in [1.165, 1.54) is 44.9 Å². The van der Waals surface area contributed by atoms with Crippen LogP contribution in [0.25, 0.3) is 0 Å². The minimum absolute atomic E-state index is 0.888. The SMILES string of the molecule is CC.CC.CC(C)CCC(C)CC1CCC(C)CC1. The fraction of sp³-hybridized carbons (Fsp3) is 1.00. The van der Waals surface area contributed by atoms with Gasteiger partial charge in [-0.05, 0) is 30.1 Å². The Labute approximate surface area is 124 Å². The average Bonchev–Trinajstić information content (AvgIpc) is 2.44. The van der Waals surface area contributed by atoms with Gasteiger partial charge in [0.15, 0.2) is 0 Å². The van der Waals surface area contributed by atoms with Crippen molar-refractivity contribution in [1.82, 2.24) is 0 Å². The molecule has 19 heavy (non-hydrogen) atoms. The van der Waals surface area contributed by atoms with E-state index in [4.69, 9.17) is 0 Å². The molecule has 1 aliphatic rings. The second-order valence-corrected chi connectivity index (χ2v) is 6.44. The molecule has 0 spiro atoms. The number of rotatable bonds is 5. The molecular formula is C19H42. The van der Waals surface area contributed by atoms with E-state index in [-0.39, 0.29) is 0 Å². The second kappa shape index (κ2) is 14.4. The fourth-order valence-corrected chi connectivity index (χ4v) is 2.87. The van der Waals surface area contributed by atoms with Crippen LogP contribution >= 0.6 is 0 Å². The lowest BCUT2D eigenvalue weighted by Crippen LogP contribution is -2.15. The summed E-state index contributed by atoms with van der Waals surface area (Å²) >= 11 is 0. The Morgan fingerprint density at radius 1 is 0.789 bits per heavy atom. The third-order valence-corrected chi connectivity index (χ3v) is 4.11. The largest absolute Gasteiger partial charge is 0.0683 e. The van der Waals surface area contributed by atoms with E-state index in [2.05, 4.69) is 27.7 Å².